The molecule has 0 spiro atoms. The molecule has 0 saturated heterocycles. The summed E-state index contributed by atoms with van der Waals surface area (Å²) in [5.41, 5.74) is 10.9. The van der Waals surface area contributed by atoms with Crippen LogP contribution >= 0.6 is 0 Å². The van der Waals surface area contributed by atoms with Crippen LogP contribution in [0.15, 0.2) is 170 Å². The number of hydrogen-bond acceptors (Lipinski definition) is 6. The number of anilines is 1. The van der Waals surface area contributed by atoms with Crippen LogP contribution in [0.4, 0.5) is 5.69 Å². The third-order valence-corrected chi connectivity index (χ3v) is 11.3. The van der Waals surface area contributed by atoms with Crippen molar-refractivity contribution in [3.05, 3.63) is 203 Å². The number of benzene rings is 8. The van der Waals surface area contributed by atoms with Crippen LogP contribution in [-0.4, -0.2) is 16.4 Å². The predicted octanol–water partition coefficient (Wildman–Crippen LogP) is 11.7. The SMILES string of the molecule is N#Cc1cc(C#N)cc(-c2ccc3c(c2)c2cc(-c4cc(C#N)cc(C#N)c4)ccc2n3-c2cccc3c2C(=O)N(c2cc(-c4ccccc4)cc(-c4ccccc4)c2)C3=O)c1. The zero-order valence-electron chi connectivity index (χ0n) is 32.7. The Bertz CT molecular complexity index is 3300. The van der Waals surface area contributed by atoms with E-state index in [4.69, 9.17) is 0 Å². The molecule has 1 aliphatic heterocycles. The van der Waals surface area contributed by atoms with Crippen LogP contribution in [0.25, 0.3) is 72.0 Å². The first kappa shape index (κ1) is 37.0. The average Bonchev–Trinajstić information content (AvgIpc) is 3.80. The highest BCUT2D eigenvalue weighted by molar-refractivity contribution is 6.36. The minimum absolute atomic E-state index is 0.261. The molecule has 0 bridgehead atoms. The summed E-state index contributed by atoms with van der Waals surface area (Å²) in [7, 11) is 0. The zero-order valence-corrected chi connectivity index (χ0v) is 32.7. The lowest BCUT2D eigenvalue weighted by Gasteiger charge is -2.18. The van der Waals surface area contributed by atoms with Crippen molar-refractivity contribution in [2.45, 2.75) is 0 Å². The minimum Gasteiger partial charge on any atom is -0.308 e. The van der Waals surface area contributed by atoms with E-state index in [0.717, 1.165) is 55.2 Å². The van der Waals surface area contributed by atoms with Crippen molar-refractivity contribution in [2.24, 2.45) is 0 Å². The summed E-state index contributed by atoms with van der Waals surface area (Å²) in [5, 5.41) is 40.7. The van der Waals surface area contributed by atoms with Gasteiger partial charge in [-0.15, -0.1) is 0 Å². The monoisotopic (exact) mass is 792 g/mol. The third kappa shape index (κ3) is 6.14. The number of amides is 2. The van der Waals surface area contributed by atoms with Crippen molar-refractivity contribution in [2.75, 3.05) is 4.90 Å². The number of rotatable bonds is 6. The largest absolute Gasteiger partial charge is 0.308 e. The van der Waals surface area contributed by atoms with Gasteiger partial charge in [0.1, 0.15) is 0 Å². The number of imide groups is 1. The van der Waals surface area contributed by atoms with Crippen LogP contribution in [0.1, 0.15) is 43.0 Å². The number of fused-ring (bicyclic) bond motifs is 4. The van der Waals surface area contributed by atoms with Crippen molar-refractivity contribution < 1.29 is 9.59 Å². The molecular formula is C54H28N6O2. The van der Waals surface area contributed by atoms with E-state index in [1.807, 2.05) is 120 Å². The fraction of sp³-hybridized carbons (Fsp3) is 0. The first-order valence-corrected chi connectivity index (χ1v) is 19.6. The van der Waals surface area contributed by atoms with Gasteiger partial charge in [0.05, 0.1) is 80.1 Å². The Morgan fingerprint density at radius 1 is 0.371 bits per heavy atom. The molecule has 10 rings (SSSR count). The fourth-order valence-corrected chi connectivity index (χ4v) is 8.51. The molecule has 0 atom stereocenters. The highest BCUT2D eigenvalue weighted by atomic mass is 16.2. The Kier molecular flexibility index (Phi) is 8.82. The normalized spacial score (nSPS) is 11.8. The van der Waals surface area contributed by atoms with Crippen LogP contribution in [0, 0.1) is 45.3 Å². The number of hydrogen-bond donors (Lipinski definition) is 0. The van der Waals surface area contributed by atoms with E-state index in [1.165, 1.54) is 4.90 Å². The summed E-state index contributed by atoms with van der Waals surface area (Å²) in [6, 6.07) is 61.2. The van der Waals surface area contributed by atoms with Crippen LogP contribution in [0.5, 0.6) is 0 Å². The topological polar surface area (TPSA) is 137 Å². The minimum atomic E-state index is -0.456. The first-order chi connectivity index (χ1) is 30.3. The molecule has 0 unspecified atom stereocenters. The van der Waals surface area contributed by atoms with E-state index in [-0.39, 0.29) is 11.1 Å². The second-order valence-corrected chi connectivity index (χ2v) is 15.0. The molecule has 2 amide bonds. The summed E-state index contributed by atoms with van der Waals surface area (Å²) in [5.74, 6) is -0.888. The molecule has 62 heavy (non-hydrogen) atoms. The number of nitrogens with zero attached hydrogens (tertiary/aromatic N) is 6. The van der Waals surface area contributed by atoms with Gasteiger partial charge in [0.25, 0.3) is 11.8 Å². The molecule has 0 radical (unpaired) electrons. The van der Waals surface area contributed by atoms with Gasteiger partial charge in [-0.3, -0.25) is 9.59 Å². The van der Waals surface area contributed by atoms with Gasteiger partial charge in [-0.05, 0) is 136 Å². The standard InChI is InChI=1S/C54H28N6O2/c55-29-33-18-34(30-56)21-41(20-33)39-14-16-49-47(27-39)48-28-40(42-22-35(31-57)19-36(23-42)32-58)15-17-50(48)60(49)51-13-7-12-46-52(51)54(62)59(53(46)61)45-25-43(37-8-3-1-4-9-37)24-44(26-45)38-10-5-2-6-11-38/h1-28H. The van der Waals surface area contributed by atoms with Crippen molar-refractivity contribution in [3.8, 4) is 74.5 Å². The Hall–Kier alpha value is -9.34. The van der Waals surface area contributed by atoms with Gasteiger partial charge in [-0.2, -0.15) is 21.0 Å². The maximum Gasteiger partial charge on any atom is 0.268 e. The molecule has 9 aromatic rings. The van der Waals surface area contributed by atoms with E-state index < -0.39 is 11.8 Å². The Labute approximate surface area is 355 Å². The highest BCUT2D eigenvalue weighted by Crippen LogP contribution is 2.42. The lowest BCUT2D eigenvalue weighted by atomic mass is 9.97. The lowest BCUT2D eigenvalue weighted by Crippen LogP contribution is -2.29. The van der Waals surface area contributed by atoms with Crippen molar-refractivity contribution in [1.82, 2.24) is 4.57 Å². The van der Waals surface area contributed by atoms with E-state index in [9.17, 15) is 30.6 Å². The zero-order chi connectivity index (χ0) is 42.5. The Balaban J connectivity index is 1.18. The van der Waals surface area contributed by atoms with E-state index >= 15 is 0 Å². The predicted molar refractivity (Wildman–Crippen MR) is 239 cm³/mol. The number of aromatic nitrogens is 1. The van der Waals surface area contributed by atoms with Gasteiger partial charge >= 0.3 is 0 Å². The molecule has 8 aromatic carbocycles. The van der Waals surface area contributed by atoms with Gasteiger partial charge in [0.15, 0.2) is 0 Å². The van der Waals surface area contributed by atoms with Gasteiger partial charge < -0.3 is 4.57 Å². The highest BCUT2D eigenvalue weighted by Gasteiger charge is 2.40. The number of carbonyl (C=O) groups excluding carboxylic acids is 2. The molecule has 0 fully saturated rings. The Morgan fingerprint density at radius 2 is 0.823 bits per heavy atom. The third-order valence-electron chi connectivity index (χ3n) is 11.3. The molecule has 0 N–H and O–H groups in total. The van der Waals surface area contributed by atoms with E-state index in [1.54, 1.807) is 48.5 Å². The summed E-state index contributed by atoms with van der Waals surface area (Å²) in [6.07, 6.45) is 0. The molecule has 8 heteroatoms. The van der Waals surface area contributed by atoms with Gasteiger partial charge in [0, 0.05) is 10.8 Å². The fourth-order valence-electron chi connectivity index (χ4n) is 8.51. The number of carbonyl (C=O) groups is 2. The number of nitriles is 4. The summed E-state index contributed by atoms with van der Waals surface area (Å²) >= 11 is 0. The second-order valence-electron chi connectivity index (χ2n) is 15.0. The average molecular weight is 793 g/mol. The molecule has 2 heterocycles. The summed E-state index contributed by atoms with van der Waals surface area (Å²) < 4.78 is 1.99. The molecule has 8 nitrogen and oxygen atoms in total. The van der Waals surface area contributed by atoms with Crippen LogP contribution in [0.2, 0.25) is 0 Å². The molecule has 1 aromatic heterocycles. The van der Waals surface area contributed by atoms with Gasteiger partial charge in [-0.25, -0.2) is 4.90 Å². The maximum absolute atomic E-state index is 15.0. The second kappa shape index (κ2) is 14.8. The molecular weight excluding hydrogens is 765 g/mol. The molecule has 286 valence electrons. The maximum atomic E-state index is 15.0. The Morgan fingerprint density at radius 3 is 1.27 bits per heavy atom. The van der Waals surface area contributed by atoms with Crippen molar-refractivity contribution >= 4 is 39.3 Å². The van der Waals surface area contributed by atoms with E-state index in [2.05, 4.69) is 30.3 Å². The summed E-state index contributed by atoms with van der Waals surface area (Å²) in [6.45, 7) is 0. The van der Waals surface area contributed by atoms with E-state index in [0.29, 0.717) is 44.8 Å². The van der Waals surface area contributed by atoms with Gasteiger partial charge in [0.2, 0.25) is 0 Å². The van der Waals surface area contributed by atoms with Crippen LogP contribution in [-0.2, 0) is 0 Å². The molecule has 0 saturated carbocycles. The van der Waals surface area contributed by atoms with Gasteiger partial charge in [-0.1, -0.05) is 78.9 Å². The molecule has 0 aliphatic carbocycles. The molecule has 1 aliphatic rings. The quantitative estimate of drug-likeness (QED) is 0.154. The smallest absolute Gasteiger partial charge is 0.268 e. The first-order valence-electron chi connectivity index (χ1n) is 19.6. The van der Waals surface area contributed by atoms with Crippen molar-refractivity contribution in [1.29, 1.82) is 21.0 Å². The van der Waals surface area contributed by atoms with Crippen LogP contribution in [0.3, 0.4) is 0 Å². The van der Waals surface area contributed by atoms with Crippen molar-refractivity contribution in [3.63, 3.8) is 0 Å². The summed E-state index contributed by atoms with van der Waals surface area (Å²) in [4.78, 5) is 30.8. The lowest BCUT2D eigenvalue weighted by molar-refractivity contribution is 0.0926. The van der Waals surface area contributed by atoms with Crippen LogP contribution < -0.4 is 4.90 Å².